The number of imide groups is 1. The number of hydrogen-bond acceptors (Lipinski definition) is 5. The SMILES string of the molecule is CC1=C[C@H]2C[C@H]1[C@@H]1C(=O)N(c3cccc(C(=O)OCC(=O)Nc4cccc(Cl)c4C)c3)C(=O)[C@H]12. The third-order valence-corrected chi connectivity index (χ3v) is 7.51. The van der Waals surface area contributed by atoms with Gasteiger partial charge in [-0.05, 0) is 68.0 Å². The highest BCUT2D eigenvalue weighted by atomic mass is 35.5. The number of halogens is 1. The van der Waals surface area contributed by atoms with Gasteiger partial charge in [0.15, 0.2) is 6.61 Å². The average molecular weight is 479 g/mol. The van der Waals surface area contributed by atoms with Crippen LogP contribution >= 0.6 is 11.6 Å². The first-order chi connectivity index (χ1) is 16.3. The Morgan fingerprint density at radius 1 is 1.09 bits per heavy atom. The molecule has 0 unspecified atom stereocenters. The van der Waals surface area contributed by atoms with E-state index in [1.165, 1.54) is 22.6 Å². The molecule has 34 heavy (non-hydrogen) atoms. The van der Waals surface area contributed by atoms with Gasteiger partial charge in [0.2, 0.25) is 11.8 Å². The fraction of sp³-hybridized carbons (Fsp3) is 0.308. The standard InChI is InChI=1S/C26H23ClN2O5/c1-13-9-16-11-18(13)23-22(16)24(31)29(25(23)32)17-6-3-5-15(10-17)26(33)34-12-21(30)28-20-8-4-7-19(27)14(20)2/h3-10,16,18,22-23H,11-12H2,1-2H3,(H,28,30)/t16-,18+,22-,23-/m0/s1. The molecule has 2 aromatic rings. The predicted molar refractivity (Wildman–Crippen MR) is 126 cm³/mol. The number of carbonyl (C=O) groups excluding carboxylic acids is 4. The summed E-state index contributed by atoms with van der Waals surface area (Å²) in [6.07, 6.45) is 2.97. The molecule has 4 atom stereocenters. The Morgan fingerprint density at radius 3 is 2.62 bits per heavy atom. The van der Waals surface area contributed by atoms with E-state index in [1.54, 1.807) is 37.3 Å². The molecule has 0 aromatic heterocycles. The third-order valence-electron chi connectivity index (χ3n) is 7.10. The van der Waals surface area contributed by atoms with Crippen molar-refractivity contribution < 1.29 is 23.9 Å². The number of allylic oxidation sites excluding steroid dienone is 2. The molecule has 174 valence electrons. The second kappa shape index (κ2) is 8.40. The van der Waals surface area contributed by atoms with E-state index in [-0.39, 0.29) is 41.0 Å². The first kappa shape index (κ1) is 22.3. The molecular formula is C26H23ClN2O5. The topological polar surface area (TPSA) is 92.8 Å². The Kier molecular flexibility index (Phi) is 5.52. The van der Waals surface area contributed by atoms with Crippen LogP contribution in [0.4, 0.5) is 11.4 Å². The predicted octanol–water partition coefficient (Wildman–Crippen LogP) is 4.15. The van der Waals surface area contributed by atoms with Gasteiger partial charge in [0.05, 0.1) is 23.1 Å². The minimum atomic E-state index is -0.725. The van der Waals surface area contributed by atoms with Crippen LogP contribution in [0.2, 0.25) is 5.02 Å². The first-order valence-electron chi connectivity index (χ1n) is 11.1. The number of nitrogens with zero attached hydrogens (tertiary/aromatic N) is 1. The van der Waals surface area contributed by atoms with Crippen molar-refractivity contribution in [2.75, 3.05) is 16.8 Å². The van der Waals surface area contributed by atoms with Gasteiger partial charge in [-0.15, -0.1) is 0 Å². The van der Waals surface area contributed by atoms with Gasteiger partial charge in [-0.1, -0.05) is 35.4 Å². The molecule has 2 fully saturated rings. The van der Waals surface area contributed by atoms with Crippen LogP contribution < -0.4 is 10.2 Å². The van der Waals surface area contributed by atoms with Gasteiger partial charge in [0, 0.05) is 10.7 Å². The van der Waals surface area contributed by atoms with E-state index in [2.05, 4.69) is 11.4 Å². The van der Waals surface area contributed by atoms with Gasteiger partial charge >= 0.3 is 5.97 Å². The highest BCUT2D eigenvalue weighted by Crippen LogP contribution is 2.55. The fourth-order valence-corrected chi connectivity index (χ4v) is 5.62. The zero-order valence-electron chi connectivity index (χ0n) is 18.7. The number of anilines is 2. The molecule has 0 radical (unpaired) electrons. The van der Waals surface area contributed by atoms with Crippen LogP contribution in [0.3, 0.4) is 0 Å². The molecule has 1 saturated heterocycles. The molecule has 0 spiro atoms. The monoisotopic (exact) mass is 478 g/mol. The molecule has 1 heterocycles. The molecule has 1 N–H and O–H groups in total. The minimum Gasteiger partial charge on any atom is -0.452 e. The van der Waals surface area contributed by atoms with Crippen molar-refractivity contribution in [2.45, 2.75) is 20.3 Å². The Morgan fingerprint density at radius 2 is 1.82 bits per heavy atom. The van der Waals surface area contributed by atoms with Crippen LogP contribution in [-0.4, -0.2) is 30.3 Å². The summed E-state index contributed by atoms with van der Waals surface area (Å²) in [6.45, 7) is 3.30. The molecule has 7 nitrogen and oxygen atoms in total. The number of ether oxygens (including phenoxy) is 1. The van der Waals surface area contributed by atoms with Gasteiger partial charge in [-0.3, -0.25) is 14.4 Å². The number of esters is 1. The number of nitrogens with one attached hydrogen (secondary N) is 1. The summed E-state index contributed by atoms with van der Waals surface area (Å²) in [4.78, 5) is 52.3. The van der Waals surface area contributed by atoms with E-state index in [9.17, 15) is 19.2 Å². The normalized spacial score (nSPS) is 24.8. The van der Waals surface area contributed by atoms with Gasteiger partial charge < -0.3 is 10.1 Å². The molecule has 2 aromatic carbocycles. The summed E-state index contributed by atoms with van der Waals surface area (Å²) in [5.41, 5.74) is 2.91. The summed E-state index contributed by atoms with van der Waals surface area (Å²) in [7, 11) is 0. The van der Waals surface area contributed by atoms with Crippen molar-refractivity contribution in [1.82, 2.24) is 0 Å². The van der Waals surface area contributed by atoms with Crippen molar-refractivity contribution in [3.05, 3.63) is 70.3 Å². The quantitative estimate of drug-likeness (QED) is 0.396. The number of amides is 3. The Balaban J connectivity index is 1.26. The fourth-order valence-electron chi connectivity index (χ4n) is 5.44. The van der Waals surface area contributed by atoms with Gasteiger partial charge in [-0.2, -0.15) is 0 Å². The molecule has 2 aliphatic carbocycles. The zero-order chi connectivity index (χ0) is 24.1. The van der Waals surface area contributed by atoms with E-state index in [0.29, 0.717) is 22.0 Å². The van der Waals surface area contributed by atoms with Crippen molar-refractivity contribution in [1.29, 1.82) is 0 Å². The number of fused-ring (bicyclic) bond motifs is 5. The van der Waals surface area contributed by atoms with Crippen molar-refractivity contribution >= 4 is 46.7 Å². The van der Waals surface area contributed by atoms with E-state index < -0.39 is 18.5 Å². The van der Waals surface area contributed by atoms with Crippen LogP contribution in [0.15, 0.2) is 54.1 Å². The lowest BCUT2D eigenvalue weighted by Gasteiger charge is -2.19. The minimum absolute atomic E-state index is 0.103. The van der Waals surface area contributed by atoms with Gasteiger partial charge in [0.25, 0.3) is 5.91 Å². The van der Waals surface area contributed by atoms with Crippen LogP contribution in [0.25, 0.3) is 0 Å². The van der Waals surface area contributed by atoms with E-state index in [1.807, 2.05) is 6.92 Å². The molecular weight excluding hydrogens is 456 g/mol. The highest BCUT2D eigenvalue weighted by molar-refractivity contribution is 6.31. The number of rotatable bonds is 5. The summed E-state index contributed by atoms with van der Waals surface area (Å²) in [5.74, 6) is -2.09. The summed E-state index contributed by atoms with van der Waals surface area (Å²) < 4.78 is 5.16. The van der Waals surface area contributed by atoms with E-state index in [0.717, 1.165) is 6.42 Å². The van der Waals surface area contributed by atoms with E-state index >= 15 is 0 Å². The average Bonchev–Trinajstić information content (AvgIpc) is 3.45. The second-order valence-electron chi connectivity index (χ2n) is 9.07. The van der Waals surface area contributed by atoms with Crippen LogP contribution in [0.5, 0.6) is 0 Å². The maximum absolute atomic E-state index is 13.2. The van der Waals surface area contributed by atoms with Gasteiger partial charge in [0.1, 0.15) is 0 Å². The van der Waals surface area contributed by atoms with Crippen molar-refractivity contribution in [3.8, 4) is 0 Å². The Labute approximate surface area is 201 Å². The molecule has 1 saturated carbocycles. The smallest absolute Gasteiger partial charge is 0.338 e. The molecule has 3 aliphatic rings. The van der Waals surface area contributed by atoms with Crippen LogP contribution in [0, 0.1) is 30.6 Å². The zero-order valence-corrected chi connectivity index (χ0v) is 19.5. The van der Waals surface area contributed by atoms with Crippen LogP contribution in [0.1, 0.15) is 29.3 Å². The molecule has 2 bridgehead atoms. The van der Waals surface area contributed by atoms with E-state index in [4.69, 9.17) is 16.3 Å². The molecule has 5 rings (SSSR count). The lowest BCUT2D eigenvalue weighted by molar-refractivity contribution is -0.123. The Hall–Kier alpha value is -3.45. The molecule has 1 aliphatic heterocycles. The maximum atomic E-state index is 13.2. The number of carbonyl (C=O) groups is 4. The number of benzene rings is 2. The third kappa shape index (κ3) is 3.60. The lowest BCUT2D eigenvalue weighted by Crippen LogP contribution is -2.33. The number of hydrogen-bond donors (Lipinski definition) is 1. The maximum Gasteiger partial charge on any atom is 0.338 e. The first-order valence-corrected chi connectivity index (χ1v) is 11.5. The summed E-state index contributed by atoms with van der Waals surface area (Å²) in [6, 6.07) is 11.3. The van der Waals surface area contributed by atoms with Gasteiger partial charge in [-0.25, -0.2) is 9.69 Å². The Bertz CT molecular complexity index is 1270. The van der Waals surface area contributed by atoms with Crippen molar-refractivity contribution in [3.63, 3.8) is 0 Å². The van der Waals surface area contributed by atoms with Crippen molar-refractivity contribution in [2.24, 2.45) is 23.7 Å². The lowest BCUT2D eigenvalue weighted by atomic mass is 9.82. The molecule has 3 amide bonds. The summed E-state index contributed by atoms with van der Waals surface area (Å²) in [5, 5.41) is 3.18. The van der Waals surface area contributed by atoms with Crippen LogP contribution in [-0.2, 0) is 19.1 Å². The largest absolute Gasteiger partial charge is 0.452 e. The second-order valence-corrected chi connectivity index (χ2v) is 9.47. The molecule has 8 heteroatoms. The summed E-state index contributed by atoms with van der Waals surface area (Å²) >= 11 is 6.06. The highest BCUT2D eigenvalue weighted by Gasteiger charge is 2.60.